The highest BCUT2D eigenvalue weighted by Gasteiger charge is 2.27. The number of nitrogens with zero attached hydrogens (tertiary/aromatic N) is 1. The van der Waals surface area contributed by atoms with Crippen LogP contribution in [0.4, 0.5) is 5.69 Å². The number of carbonyl (C=O) groups excluding carboxylic acids is 2. The van der Waals surface area contributed by atoms with E-state index in [1.807, 2.05) is 65.6 Å². The number of anilines is 1. The summed E-state index contributed by atoms with van der Waals surface area (Å²) in [6.07, 6.45) is 2.24. The van der Waals surface area contributed by atoms with E-state index in [4.69, 9.17) is 17.3 Å². The Morgan fingerprint density at radius 1 is 0.970 bits per heavy atom. The summed E-state index contributed by atoms with van der Waals surface area (Å²) in [5.74, 6) is 0.213. The Morgan fingerprint density at radius 3 is 2.36 bits per heavy atom. The van der Waals surface area contributed by atoms with Crippen molar-refractivity contribution in [3.63, 3.8) is 0 Å². The number of rotatable bonds is 6. The Kier molecular flexibility index (Phi) is 7.43. The molecule has 1 aliphatic rings. The van der Waals surface area contributed by atoms with Gasteiger partial charge < -0.3 is 16.0 Å². The molecule has 0 saturated carbocycles. The fourth-order valence-electron chi connectivity index (χ4n) is 4.29. The minimum atomic E-state index is -0.556. The molecule has 0 bridgehead atoms. The zero-order valence-corrected chi connectivity index (χ0v) is 19.2. The normalized spacial score (nSPS) is 15.2. The van der Waals surface area contributed by atoms with Gasteiger partial charge in [0.05, 0.1) is 6.04 Å². The number of halogens is 1. The van der Waals surface area contributed by atoms with Crippen LogP contribution in [0.1, 0.15) is 40.2 Å². The Labute approximate surface area is 199 Å². The quantitative estimate of drug-likeness (QED) is 0.550. The third kappa shape index (κ3) is 6.01. The third-order valence-corrected chi connectivity index (χ3v) is 6.40. The summed E-state index contributed by atoms with van der Waals surface area (Å²) in [6, 6.07) is 24.1. The average Bonchev–Trinajstić information content (AvgIpc) is 2.86. The van der Waals surface area contributed by atoms with Gasteiger partial charge in [-0.25, -0.2) is 0 Å². The topological polar surface area (TPSA) is 75.4 Å². The molecule has 33 heavy (non-hydrogen) atoms. The number of hydrogen-bond donors (Lipinski definition) is 2. The minimum Gasteiger partial charge on any atom is -0.341 e. The van der Waals surface area contributed by atoms with Crippen molar-refractivity contribution in [2.24, 2.45) is 5.73 Å². The molecule has 3 aromatic rings. The minimum absolute atomic E-state index is 0.00715. The van der Waals surface area contributed by atoms with Gasteiger partial charge in [-0.3, -0.25) is 9.59 Å². The van der Waals surface area contributed by atoms with Gasteiger partial charge in [-0.1, -0.05) is 54.1 Å². The maximum atomic E-state index is 12.9. The van der Waals surface area contributed by atoms with Gasteiger partial charge in [0.15, 0.2) is 0 Å². The molecule has 1 heterocycles. The van der Waals surface area contributed by atoms with E-state index >= 15 is 0 Å². The van der Waals surface area contributed by atoms with Crippen LogP contribution in [0.5, 0.6) is 0 Å². The second-order valence-electron chi connectivity index (χ2n) is 8.48. The zero-order valence-electron chi connectivity index (χ0n) is 18.4. The molecule has 5 nitrogen and oxygen atoms in total. The lowest BCUT2D eigenvalue weighted by Gasteiger charge is -2.34. The Balaban J connectivity index is 1.32. The van der Waals surface area contributed by atoms with Gasteiger partial charge >= 0.3 is 0 Å². The summed E-state index contributed by atoms with van der Waals surface area (Å²) in [5, 5.41) is 3.65. The van der Waals surface area contributed by atoms with Crippen molar-refractivity contribution < 1.29 is 9.59 Å². The number of piperidine rings is 1. The third-order valence-electron chi connectivity index (χ3n) is 6.14. The van der Waals surface area contributed by atoms with E-state index in [0.29, 0.717) is 36.0 Å². The summed E-state index contributed by atoms with van der Waals surface area (Å²) in [4.78, 5) is 27.2. The summed E-state index contributed by atoms with van der Waals surface area (Å²) >= 11 is 5.93. The second-order valence-corrected chi connectivity index (χ2v) is 8.92. The standard InChI is InChI=1S/C27H28ClN3O2/c28-23-11-9-19(10-12-23)17-25(29)27(33)31-15-13-20(14-16-31)22-7-4-8-24(18-22)30-26(32)21-5-2-1-3-6-21/h1-12,18,20,25H,13-17,29H2,(H,30,32). The molecule has 170 valence electrons. The summed E-state index contributed by atoms with van der Waals surface area (Å²) in [6.45, 7) is 1.36. The first-order valence-electron chi connectivity index (χ1n) is 11.2. The molecule has 1 aliphatic heterocycles. The molecule has 1 saturated heterocycles. The smallest absolute Gasteiger partial charge is 0.255 e. The summed E-state index contributed by atoms with van der Waals surface area (Å²) in [5.41, 5.74) is 9.81. The Morgan fingerprint density at radius 2 is 1.67 bits per heavy atom. The molecule has 1 fully saturated rings. The van der Waals surface area contributed by atoms with Crippen LogP contribution < -0.4 is 11.1 Å². The first kappa shape index (κ1) is 23.0. The lowest BCUT2D eigenvalue weighted by atomic mass is 9.89. The van der Waals surface area contributed by atoms with Crippen LogP contribution in [-0.4, -0.2) is 35.8 Å². The van der Waals surface area contributed by atoms with E-state index < -0.39 is 6.04 Å². The van der Waals surface area contributed by atoms with Gasteiger partial charge in [0.25, 0.3) is 5.91 Å². The van der Waals surface area contributed by atoms with Crippen LogP contribution in [0.2, 0.25) is 5.02 Å². The number of nitrogens with two attached hydrogens (primary N) is 1. The number of benzene rings is 3. The van der Waals surface area contributed by atoms with E-state index in [1.54, 1.807) is 12.1 Å². The van der Waals surface area contributed by atoms with Gasteiger partial charge in [-0.05, 0) is 72.7 Å². The maximum Gasteiger partial charge on any atom is 0.255 e. The molecule has 1 unspecified atom stereocenters. The SMILES string of the molecule is NC(Cc1ccc(Cl)cc1)C(=O)N1CCC(c2cccc(NC(=O)c3ccccc3)c2)CC1. The zero-order chi connectivity index (χ0) is 23.2. The lowest BCUT2D eigenvalue weighted by Crippen LogP contribution is -2.47. The predicted octanol–water partition coefficient (Wildman–Crippen LogP) is 4.87. The van der Waals surface area contributed by atoms with E-state index in [0.717, 1.165) is 24.1 Å². The number of amides is 2. The van der Waals surface area contributed by atoms with Gasteiger partial charge in [0.1, 0.15) is 0 Å². The highest BCUT2D eigenvalue weighted by Crippen LogP contribution is 2.30. The molecule has 4 rings (SSSR count). The largest absolute Gasteiger partial charge is 0.341 e. The molecular weight excluding hydrogens is 434 g/mol. The van der Waals surface area contributed by atoms with Crippen LogP contribution in [0.3, 0.4) is 0 Å². The van der Waals surface area contributed by atoms with Crippen LogP contribution >= 0.6 is 11.6 Å². The van der Waals surface area contributed by atoms with Crippen molar-refractivity contribution in [2.75, 3.05) is 18.4 Å². The maximum absolute atomic E-state index is 12.9. The summed E-state index contributed by atoms with van der Waals surface area (Å²) in [7, 11) is 0. The van der Waals surface area contributed by atoms with E-state index in [-0.39, 0.29) is 11.8 Å². The van der Waals surface area contributed by atoms with E-state index in [9.17, 15) is 9.59 Å². The number of likely N-dealkylation sites (tertiary alicyclic amines) is 1. The molecule has 6 heteroatoms. The number of nitrogens with one attached hydrogen (secondary N) is 1. The highest BCUT2D eigenvalue weighted by atomic mass is 35.5. The van der Waals surface area contributed by atoms with Gasteiger partial charge in [-0.2, -0.15) is 0 Å². The fraction of sp³-hybridized carbons (Fsp3) is 0.259. The first-order chi connectivity index (χ1) is 16.0. The van der Waals surface area contributed by atoms with Crippen LogP contribution in [0.25, 0.3) is 0 Å². The highest BCUT2D eigenvalue weighted by molar-refractivity contribution is 6.30. The van der Waals surface area contributed by atoms with Crippen LogP contribution in [0, 0.1) is 0 Å². The number of carbonyl (C=O) groups is 2. The van der Waals surface area contributed by atoms with Crippen molar-refractivity contribution >= 4 is 29.1 Å². The molecule has 3 N–H and O–H groups in total. The van der Waals surface area contributed by atoms with E-state index in [1.165, 1.54) is 5.56 Å². The van der Waals surface area contributed by atoms with Crippen LogP contribution in [-0.2, 0) is 11.2 Å². The average molecular weight is 462 g/mol. The van der Waals surface area contributed by atoms with Crippen molar-refractivity contribution in [3.05, 3.63) is 101 Å². The van der Waals surface area contributed by atoms with Crippen molar-refractivity contribution in [3.8, 4) is 0 Å². The molecule has 0 radical (unpaired) electrons. The molecule has 3 aromatic carbocycles. The Hall–Kier alpha value is -3.15. The lowest BCUT2D eigenvalue weighted by molar-refractivity contribution is -0.133. The van der Waals surface area contributed by atoms with Gasteiger partial charge in [-0.15, -0.1) is 0 Å². The van der Waals surface area contributed by atoms with Crippen molar-refractivity contribution in [1.29, 1.82) is 0 Å². The van der Waals surface area contributed by atoms with Crippen molar-refractivity contribution in [2.45, 2.75) is 31.2 Å². The molecule has 0 spiro atoms. The Bertz CT molecular complexity index is 1090. The predicted molar refractivity (Wildman–Crippen MR) is 133 cm³/mol. The van der Waals surface area contributed by atoms with E-state index in [2.05, 4.69) is 11.4 Å². The summed E-state index contributed by atoms with van der Waals surface area (Å²) < 4.78 is 0. The molecular formula is C27H28ClN3O2. The van der Waals surface area contributed by atoms with Crippen molar-refractivity contribution in [1.82, 2.24) is 4.90 Å². The second kappa shape index (κ2) is 10.6. The monoisotopic (exact) mass is 461 g/mol. The van der Waals surface area contributed by atoms with Crippen LogP contribution in [0.15, 0.2) is 78.9 Å². The van der Waals surface area contributed by atoms with Gasteiger partial charge in [0.2, 0.25) is 5.91 Å². The number of hydrogen-bond acceptors (Lipinski definition) is 3. The molecule has 0 aliphatic carbocycles. The molecule has 1 atom stereocenters. The fourth-order valence-corrected chi connectivity index (χ4v) is 4.42. The molecule has 0 aromatic heterocycles. The molecule has 2 amide bonds. The van der Waals surface area contributed by atoms with Gasteiger partial charge in [0, 0.05) is 29.4 Å². The first-order valence-corrected chi connectivity index (χ1v) is 11.6.